The SMILES string of the molecule is COC(=O)C1CC(C)C=CC1Br. The van der Waals surface area contributed by atoms with E-state index < -0.39 is 0 Å². The van der Waals surface area contributed by atoms with Crippen LogP contribution in [-0.4, -0.2) is 17.9 Å². The number of ether oxygens (including phenoxy) is 1. The summed E-state index contributed by atoms with van der Waals surface area (Å²) < 4.78 is 4.71. The van der Waals surface area contributed by atoms with Crippen LogP contribution in [0.25, 0.3) is 0 Å². The lowest BCUT2D eigenvalue weighted by molar-refractivity contribution is -0.145. The number of carbonyl (C=O) groups is 1. The van der Waals surface area contributed by atoms with Crippen molar-refractivity contribution in [1.82, 2.24) is 0 Å². The summed E-state index contributed by atoms with van der Waals surface area (Å²) in [7, 11) is 1.44. The van der Waals surface area contributed by atoms with Crippen LogP contribution >= 0.6 is 15.9 Å². The molecule has 1 rings (SSSR count). The van der Waals surface area contributed by atoms with Gasteiger partial charge in [-0.3, -0.25) is 4.79 Å². The molecule has 0 aromatic rings. The second kappa shape index (κ2) is 4.08. The second-order valence-corrected chi connectivity index (χ2v) is 4.23. The molecule has 0 aromatic carbocycles. The molecule has 0 N–H and O–H groups in total. The molecule has 68 valence electrons. The Morgan fingerprint density at radius 3 is 2.83 bits per heavy atom. The molecule has 2 nitrogen and oxygen atoms in total. The van der Waals surface area contributed by atoms with Gasteiger partial charge < -0.3 is 4.74 Å². The summed E-state index contributed by atoms with van der Waals surface area (Å²) in [5.41, 5.74) is 0. The van der Waals surface area contributed by atoms with E-state index in [2.05, 4.69) is 28.9 Å². The zero-order valence-corrected chi connectivity index (χ0v) is 8.87. The van der Waals surface area contributed by atoms with Crippen LogP contribution in [0.3, 0.4) is 0 Å². The fourth-order valence-electron chi connectivity index (χ4n) is 1.42. The predicted octanol–water partition coefficient (Wildman–Crippen LogP) is 2.14. The molecule has 3 heteroatoms. The van der Waals surface area contributed by atoms with E-state index in [0.29, 0.717) is 5.92 Å². The van der Waals surface area contributed by atoms with E-state index >= 15 is 0 Å². The van der Waals surface area contributed by atoms with Gasteiger partial charge in [-0.05, 0) is 12.3 Å². The van der Waals surface area contributed by atoms with Crippen LogP contribution in [0.2, 0.25) is 0 Å². The molecule has 0 radical (unpaired) electrons. The number of carbonyl (C=O) groups excluding carboxylic acids is 1. The van der Waals surface area contributed by atoms with Crippen molar-refractivity contribution in [3.63, 3.8) is 0 Å². The summed E-state index contributed by atoms with van der Waals surface area (Å²) in [6.45, 7) is 2.10. The summed E-state index contributed by atoms with van der Waals surface area (Å²) in [6.07, 6.45) is 5.02. The first-order valence-electron chi connectivity index (χ1n) is 4.05. The second-order valence-electron chi connectivity index (χ2n) is 3.17. The first-order valence-corrected chi connectivity index (χ1v) is 4.97. The fraction of sp³-hybridized carbons (Fsp3) is 0.667. The molecular formula is C9H13BrO2. The minimum absolute atomic E-state index is 0.0185. The molecule has 12 heavy (non-hydrogen) atoms. The molecule has 0 aromatic heterocycles. The van der Waals surface area contributed by atoms with Gasteiger partial charge >= 0.3 is 5.97 Å². The zero-order valence-electron chi connectivity index (χ0n) is 7.29. The number of hydrogen-bond donors (Lipinski definition) is 0. The molecule has 1 aliphatic rings. The Morgan fingerprint density at radius 2 is 2.25 bits per heavy atom. The minimum atomic E-state index is -0.118. The summed E-state index contributed by atoms with van der Waals surface area (Å²) in [6, 6.07) is 0. The van der Waals surface area contributed by atoms with Crippen molar-refractivity contribution >= 4 is 21.9 Å². The maximum atomic E-state index is 11.2. The maximum Gasteiger partial charge on any atom is 0.310 e. The van der Waals surface area contributed by atoms with E-state index in [-0.39, 0.29) is 16.7 Å². The number of methoxy groups -OCH3 is 1. The van der Waals surface area contributed by atoms with Gasteiger partial charge in [0.1, 0.15) is 0 Å². The Balaban J connectivity index is 2.65. The topological polar surface area (TPSA) is 26.3 Å². The number of rotatable bonds is 1. The number of alkyl halides is 1. The van der Waals surface area contributed by atoms with Gasteiger partial charge in [0.05, 0.1) is 13.0 Å². The van der Waals surface area contributed by atoms with E-state index in [1.165, 1.54) is 7.11 Å². The first kappa shape index (κ1) is 9.78. The maximum absolute atomic E-state index is 11.2. The Kier molecular flexibility index (Phi) is 3.32. The molecule has 0 heterocycles. The van der Waals surface area contributed by atoms with E-state index in [1.54, 1.807) is 0 Å². The van der Waals surface area contributed by atoms with E-state index in [4.69, 9.17) is 4.74 Å². The quantitative estimate of drug-likeness (QED) is 0.394. The summed E-state index contributed by atoms with van der Waals surface area (Å²) in [5, 5.41) is 0. The summed E-state index contributed by atoms with van der Waals surface area (Å²) in [5.74, 6) is 0.339. The Morgan fingerprint density at radius 1 is 1.58 bits per heavy atom. The predicted molar refractivity (Wildman–Crippen MR) is 51.1 cm³/mol. The highest BCUT2D eigenvalue weighted by molar-refractivity contribution is 9.09. The van der Waals surface area contributed by atoms with Crippen LogP contribution in [0.1, 0.15) is 13.3 Å². The molecule has 0 saturated carbocycles. The lowest BCUT2D eigenvalue weighted by Crippen LogP contribution is -2.28. The van der Waals surface area contributed by atoms with Crippen molar-refractivity contribution in [3.05, 3.63) is 12.2 Å². The van der Waals surface area contributed by atoms with E-state index in [0.717, 1.165) is 6.42 Å². The van der Waals surface area contributed by atoms with Gasteiger partial charge in [0.2, 0.25) is 0 Å². The Hall–Kier alpha value is -0.310. The highest BCUT2D eigenvalue weighted by Gasteiger charge is 2.29. The van der Waals surface area contributed by atoms with Crippen molar-refractivity contribution in [1.29, 1.82) is 0 Å². The zero-order chi connectivity index (χ0) is 9.14. The number of allylic oxidation sites excluding steroid dienone is 2. The molecule has 3 unspecified atom stereocenters. The first-order chi connectivity index (χ1) is 5.65. The normalized spacial score (nSPS) is 34.8. The van der Waals surface area contributed by atoms with Crippen molar-refractivity contribution in [2.24, 2.45) is 11.8 Å². The highest BCUT2D eigenvalue weighted by atomic mass is 79.9. The van der Waals surface area contributed by atoms with Crippen LogP contribution < -0.4 is 0 Å². The smallest absolute Gasteiger partial charge is 0.310 e. The van der Waals surface area contributed by atoms with Crippen molar-refractivity contribution in [2.75, 3.05) is 7.11 Å². The van der Waals surface area contributed by atoms with Gasteiger partial charge in [-0.1, -0.05) is 35.0 Å². The molecule has 0 fully saturated rings. The molecule has 0 aliphatic heterocycles. The van der Waals surface area contributed by atoms with E-state index in [9.17, 15) is 4.79 Å². The lowest BCUT2D eigenvalue weighted by atomic mass is 9.88. The van der Waals surface area contributed by atoms with Crippen LogP contribution in [-0.2, 0) is 9.53 Å². The van der Waals surface area contributed by atoms with Gasteiger partial charge in [-0.2, -0.15) is 0 Å². The molecule has 0 amide bonds. The Labute approximate surface area is 81.1 Å². The molecule has 3 atom stereocenters. The third-order valence-corrected chi connectivity index (χ3v) is 3.08. The standard InChI is InChI=1S/C9H13BrO2/c1-6-3-4-8(10)7(5-6)9(11)12-2/h3-4,6-8H,5H2,1-2H3. The molecule has 0 spiro atoms. The highest BCUT2D eigenvalue weighted by Crippen LogP contribution is 2.29. The average Bonchev–Trinajstić information content (AvgIpc) is 2.08. The number of hydrogen-bond acceptors (Lipinski definition) is 2. The number of esters is 1. The summed E-state index contributed by atoms with van der Waals surface area (Å²) in [4.78, 5) is 11.4. The van der Waals surface area contributed by atoms with Crippen molar-refractivity contribution in [3.8, 4) is 0 Å². The third-order valence-electron chi connectivity index (χ3n) is 2.14. The minimum Gasteiger partial charge on any atom is -0.469 e. The molecular weight excluding hydrogens is 220 g/mol. The van der Waals surface area contributed by atoms with Gasteiger partial charge in [-0.15, -0.1) is 0 Å². The monoisotopic (exact) mass is 232 g/mol. The fourth-order valence-corrected chi connectivity index (χ4v) is 2.02. The van der Waals surface area contributed by atoms with E-state index in [1.807, 2.05) is 6.08 Å². The Bertz CT molecular complexity index is 201. The van der Waals surface area contributed by atoms with Gasteiger partial charge in [-0.25, -0.2) is 0 Å². The van der Waals surface area contributed by atoms with Crippen molar-refractivity contribution < 1.29 is 9.53 Å². The van der Waals surface area contributed by atoms with Gasteiger partial charge in [0.15, 0.2) is 0 Å². The molecule has 0 bridgehead atoms. The summed E-state index contributed by atoms with van der Waals surface area (Å²) >= 11 is 3.44. The van der Waals surface area contributed by atoms with Crippen LogP contribution in [0.15, 0.2) is 12.2 Å². The van der Waals surface area contributed by atoms with Crippen LogP contribution in [0.5, 0.6) is 0 Å². The van der Waals surface area contributed by atoms with Crippen LogP contribution in [0.4, 0.5) is 0 Å². The van der Waals surface area contributed by atoms with Crippen molar-refractivity contribution in [2.45, 2.75) is 18.2 Å². The third kappa shape index (κ3) is 2.09. The average molecular weight is 233 g/mol. The largest absolute Gasteiger partial charge is 0.469 e. The van der Waals surface area contributed by atoms with Gasteiger partial charge in [0.25, 0.3) is 0 Å². The molecule has 0 saturated heterocycles. The van der Waals surface area contributed by atoms with Crippen LogP contribution in [0, 0.1) is 11.8 Å². The van der Waals surface area contributed by atoms with Gasteiger partial charge in [0, 0.05) is 4.83 Å². The lowest BCUT2D eigenvalue weighted by Gasteiger charge is -2.24. The number of halogens is 1. The molecule has 1 aliphatic carbocycles.